The molecule has 3 rings (SSSR count). The number of thioether (sulfide) groups is 1. The molecule has 3 aromatic heterocycles. The van der Waals surface area contributed by atoms with Gasteiger partial charge in [0.05, 0.1) is 22.3 Å². The zero-order valence-corrected chi connectivity index (χ0v) is 22.6. The van der Waals surface area contributed by atoms with Gasteiger partial charge in [0.15, 0.2) is 11.0 Å². The highest BCUT2D eigenvalue weighted by Gasteiger charge is 2.27. The average molecular weight is 534 g/mol. The van der Waals surface area contributed by atoms with Crippen LogP contribution in [0.25, 0.3) is 11.4 Å². The Kier molecular flexibility index (Phi) is 8.51. The number of carbonyl (C=O) groups is 3. The zero-order valence-electron chi connectivity index (χ0n) is 20.1. The minimum absolute atomic E-state index is 0.0123. The molecule has 3 aromatic rings. The van der Waals surface area contributed by atoms with Gasteiger partial charge < -0.3 is 15.8 Å². The first kappa shape index (κ1) is 26.6. The Morgan fingerprint density at radius 3 is 2.54 bits per heavy atom. The first-order valence-electron chi connectivity index (χ1n) is 10.7. The van der Waals surface area contributed by atoms with E-state index >= 15 is 0 Å². The molecule has 35 heavy (non-hydrogen) atoms. The maximum Gasteiger partial charge on any atom is 0.341 e. The fourth-order valence-corrected chi connectivity index (χ4v) is 5.95. The number of primary amides is 1. The van der Waals surface area contributed by atoms with Gasteiger partial charge in [-0.2, -0.15) is 0 Å². The van der Waals surface area contributed by atoms with E-state index in [9.17, 15) is 14.4 Å². The number of allylic oxidation sites excluding steroid dienone is 1. The van der Waals surface area contributed by atoms with Gasteiger partial charge in [0.1, 0.15) is 5.00 Å². The number of aryl methyl sites for hydroxylation is 1. The minimum Gasteiger partial charge on any atom is -0.459 e. The molecule has 3 heterocycles. The number of aromatic nitrogens is 3. The summed E-state index contributed by atoms with van der Waals surface area (Å²) >= 11 is 3.82. The van der Waals surface area contributed by atoms with Crippen molar-refractivity contribution in [1.82, 2.24) is 14.8 Å². The Hall–Kier alpha value is -2.96. The van der Waals surface area contributed by atoms with E-state index in [1.807, 2.05) is 16.9 Å². The second kappa shape index (κ2) is 11.2. The van der Waals surface area contributed by atoms with Crippen LogP contribution in [0.2, 0.25) is 0 Å². The van der Waals surface area contributed by atoms with E-state index < -0.39 is 11.9 Å². The Bertz CT molecular complexity index is 1290. The molecule has 0 aromatic carbocycles. The van der Waals surface area contributed by atoms with E-state index in [1.54, 1.807) is 38.2 Å². The van der Waals surface area contributed by atoms with Crippen LogP contribution in [0.3, 0.4) is 0 Å². The van der Waals surface area contributed by atoms with E-state index in [0.717, 1.165) is 22.5 Å². The smallest absolute Gasteiger partial charge is 0.341 e. The third kappa shape index (κ3) is 5.82. The summed E-state index contributed by atoms with van der Waals surface area (Å²) in [4.78, 5) is 38.6. The van der Waals surface area contributed by atoms with Crippen molar-refractivity contribution in [3.8, 4) is 11.4 Å². The maximum atomic E-state index is 12.8. The van der Waals surface area contributed by atoms with Gasteiger partial charge in [0, 0.05) is 22.4 Å². The summed E-state index contributed by atoms with van der Waals surface area (Å²) in [5, 5.41) is 14.2. The Balaban J connectivity index is 1.81. The molecule has 3 N–H and O–H groups in total. The summed E-state index contributed by atoms with van der Waals surface area (Å²) < 4.78 is 7.20. The number of rotatable bonds is 10. The van der Waals surface area contributed by atoms with Gasteiger partial charge in [-0.25, -0.2) is 4.79 Å². The van der Waals surface area contributed by atoms with Crippen LogP contribution in [0.5, 0.6) is 0 Å². The molecule has 12 heteroatoms. The van der Waals surface area contributed by atoms with E-state index in [4.69, 9.17) is 10.5 Å². The molecule has 0 atom stereocenters. The number of thiophene rings is 2. The number of esters is 1. The summed E-state index contributed by atoms with van der Waals surface area (Å²) in [7, 11) is 0. The number of nitrogens with one attached hydrogen (secondary N) is 1. The van der Waals surface area contributed by atoms with Crippen LogP contribution in [0.15, 0.2) is 23.2 Å². The highest BCUT2D eigenvalue weighted by molar-refractivity contribution is 7.99. The van der Waals surface area contributed by atoms with Crippen molar-refractivity contribution < 1.29 is 19.1 Å². The fraction of sp³-hybridized carbons (Fsp3) is 0.348. The summed E-state index contributed by atoms with van der Waals surface area (Å²) in [5.74, 6) is -0.944. The van der Waals surface area contributed by atoms with Crippen LogP contribution in [0.1, 0.15) is 49.9 Å². The van der Waals surface area contributed by atoms with Gasteiger partial charge in [-0.1, -0.05) is 17.8 Å². The molecular formula is C23H27N5O4S3. The SMILES string of the molecule is C=CCn1c(SCC(=O)Nc2sc(C(N)=O)c(C)c2C(=O)OC(C)C)nnc1-c1csc(C)c1C. The molecule has 0 spiro atoms. The lowest BCUT2D eigenvalue weighted by Gasteiger charge is -2.10. The molecule has 186 valence electrons. The van der Waals surface area contributed by atoms with Crippen molar-refractivity contribution in [3.05, 3.63) is 44.5 Å². The van der Waals surface area contributed by atoms with Gasteiger partial charge in [-0.3, -0.25) is 14.2 Å². The molecule has 9 nitrogen and oxygen atoms in total. The molecule has 0 saturated heterocycles. The minimum atomic E-state index is -0.676. The third-order valence-corrected chi connectivity index (χ3v) is 8.26. The van der Waals surface area contributed by atoms with Gasteiger partial charge in [0.2, 0.25) is 5.91 Å². The molecular weight excluding hydrogens is 506 g/mol. The van der Waals surface area contributed by atoms with Gasteiger partial charge in [-0.15, -0.1) is 39.4 Å². The first-order valence-corrected chi connectivity index (χ1v) is 13.4. The maximum absolute atomic E-state index is 12.8. The number of nitrogens with two attached hydrogens (primary N) is 1. The van der Waals surface area contributed by atoms with Crippen LogP contribution in [-0.2, 0) is 16.1 Å². The Morgan fingerprint density at radius 1 is 1.26 bits per heavy atom. The summed E-state index contributed by atoms with van der Waals surface area (Å²) in [6.45, 7) is 13.4. The lowest BCUT2D eigenvalue weighted by atomic mass is 10.1. The number of hydrogen-bond donors (Lipinski definition) is 2. The molecule has 0 aliphatic carbocycles. The van der Waals surface area contributed by atoms with Gasteiger partial charge in [0.25, 0.3) is 5.91 Å². The van der Waals surface area contributed by atoms with Gasteiger partial charge >= 0.3 is 5.97 Å². The number of amides is 2. The third-order valence-electron chi connectivity index (χ3n) is 5.06. The molecule has 0 aliphatic heterocycles. The molecule has 0 fully saturated rings. The molecule has 0 bridgehead atoms. The molecule has 0 unspecified atom stereocenters. The average Bonchev–Trinajstić information content (AvgIpc) is 3.42. The van der Waals surface area contributed by atoms with Crippen molar-refractivity contribution in [3.63, 3.8) is 0 Å². The number of ether oxygens (including phenoxy) is 1. The summed E-state index contributed by atoms with van der Waals surface area (Å²) in [5.41, 5.74) is 8.11. The fourth-order valence-electron chi connectivity index (χ4n) is 3.27. The molecule has 0 saturated carbocycles. The predicted molar refractivity (Wildman–Crippen MR) is 140 cm³/mol. The number of hydrogen-bond acceptors (Lipinski definition) is 9. The van der Waals surface area contributed by atoms with E-state index in [-0.39, 0.29) is 33.2 Å². The number of anilines is 1. The zero-order chi connectivity index (χ0) is 25.9. The molecule has 0 aliphatic rings. The standard InChI is InChI=1S/C23H27N5O4S3/c1-7-8-28-20(15-9-33-14(6)12(15)4)26-27-23(28)34-10-16(29)25-21-17(22(31)32-11(2)3)13(5)18(35-21)19(24)30/h7,9,11H,1,8,10H2,2-6H3,(H2,24,30)(H,25,29). The highest BCUT2D eigenvalue weighted by Crippen LogP contribution is 2.35. The van der Waals surface area contributed by atoms with Crippen molar-refractivity contribution >= 4 is 57.2 Å². The normalized spacial score (nSPS) is 11.0. The summed E-state index contributed by atoms with van der Waals surface area (Å²) in [6.07, 6.45) is 1.39. The number of nitrogens with zero attached hydrogens (tertiary/aromatic N) is 3. The first-order chi connectivity index (χ1) is 16.5. The van der Waals surface area contributed by atoms with Gasteiger partial charge in [-0.05, 0) is 45.7 Å². The lowest BCUT2D eigenvalue weighted by molar-refractivity contribution is -0.113. The second-order valence-corrected chi connectivity index (χ2v) is 11.0. The van der Waals surface area contributed by atoms with Crippen molar-refractivity contribution in [2.24, 2.45) is 5.73 Å². The van der Waals surface area contributed by atoms with Crippen LogP contribution in [0.4, 0.5) is 5.00 Å². The van der Waals surface area contributed by atoms with Crippen LogP contribution >= 0.6 is 34.4 Å². The number of carbonyl (C=O) groups excluding carboxylic acids is 3. The highest BCUT2D eigenvalue weighted by atomic mass is 32.2. The monoisotopic (exact) mass is 533 g/mol. The quantitative estimate of drug-likeness (QED) is 0.222. The second-order valence-electron chi connectivity index (χ2n) is 7.95. The van der Waals surface area contributed by atoms with Crippen LogP contribution < -0.4 is 11.1 Å². The molecule has 2 amide bonds. The topological polar surface area (TPSA) is 129 Å². The summed E-state index contributed by atoms with van der Waals surface area (Å²) in [6, 6.07) is 0. The molecule has 0 radical (unpaired) electrons. The van der Waals surface area contributed by atoms with Crippen molar-refractivity contribution in [1.29, 1.82) is 0 Å². The van der Waals surface area contributed by atoms with E-state index in [0.29, 0.717) is 23.1 Å². The van der Waals surface area contributed by atoms with E-state index in [1.165, 1.54) is 16.6 Å². The predicted octanol–water partition coefficient (Wildman–Crippen LogP) is 4.57. The van der Waals surface area contributed by atoms with Crippen molar-refractivity contribution in [2.45, 2.75) is 52.4 Å². The Morgan fingerprint density at radius 2 is 1.97 bits per heavy atom. The van der Waals surface area contributed by atoms with Crippen LogP contribution in [0, 0.1) is 20.8 Å². The van der Waals surface area contributed by atoms with Crippen molar-refractivity contribution in [2.75, 3.05) is 11.1 Å². The van der Waals surface area contributed by atoms with Crippen LogP contribution in [-0.4, -0.2) is 44.4 Å². The largest absolute Gasteiger partial charge is 0.459 e. The Labute approximate surface area is 215 Å². The lowest BCUT2D eigenvalue weighted by Crippen LogP contribution is -2.18. The van der Waals surface area contributed by atoms with E-state index in [2.05, 4.69) is 29.0 Å².